The Kier molecular flexibility index (Phi) is 5.04. The summed E-state index contributed by atoms with van der Waals surface area (Å²) in [6.45, 7) is 4.01. The number of ketones is 1. The summed E-state index contributed by atoms with van der Waals surface area (Å²) >= 11 is 12.2. The van der Waals surface area contributed by atoms with E-state index < -0.39 is 5.82 Å². The van der Waals surface area contributed by atoms with Crippen molar-refractivity contribution in [2.75, 3.05) is 4.90 Å². The van der Waals surface area contributed by atoms with E-state index in [2.05, 4.69) is 0 Å². The maximum absolute atomic E-state index is 13.9. The van der Waals surface area contributed by atoms with E-state index in [-0.39, 0.29) is 29.4 Å². The van der Waals surface area contributed by atoms with E-state index in [0.29, 0.717) is 39.8 Å². The third-order valence-electron chi connectivity index (χ3n) is 5.56. The molecule has 0 saturated heterocycles. The zero-order valence-corrected chi connectivity index (χ0v) is 17.6. The van der Waals surface area contributed by atoms with E-state index in [9.17, 15) is 14.0 Å². The molecule has 0 aromatic heterocycles. The first-order valence-electron chi connectivity index (χ1n) is 9.46. The molecule has 0 radical (unpaired) electrons. The second kappa shape index (κ2) is 7.26. The average molecular weight is 432 g/mol. The number of amides is 1. The molecule has 0 fully saturated rings. The maximum Gasteiger partial charge on any atom is 0.232 e. The zero-order valence-electron chi connectivity index (χ0n) is 16.1. The number of anilines is 1. The van der Waals surface area contributed by atoms with Crippen LogP contribution in [0.3, 0.4) is 0 Å². The lowest BCUT2D eigenvalue weighted by molar-refractivity contribution is -0.121. The van der Waals surface area contributed by atoms with Gasteiger partial charge in [-0.05, 0) is 47.7 Å². The first-order chi connectivity index (χ1) is 13.7. The number of halogens is 3. The van der Waals surface area contributed by atoms with Crippen molar-refractivity contribution in [3.8, 4) is 0 Å². The number of allylic oxidation sites excluding steroid dienone is 2. The fraction of sp³-hybridized carbons (Fsp3) is 0.304. The van der Waals surface area contributed by atoms with Gasteiger partial charge in [-0.25, -0.2) is 4.39 Å². The van der Waals surface area contributed by atoms with Gasteiger partial charge in [0.2, 0.25) is 5.91 Å². The molecule has 1 aliphatic heterocycles. The van der Waals surface area contributed by atoms with Crippen LogP contribution in [-0.4, -0.2) is 11.7 Å². The second-order valence-electron chi connectivity index (χ2n) is 8.44. The summed E-state index contributed by atoms with van der Waals surface area (Å²) in [5.74, 6) is -0.969. The summed E-state index contributed by atoms with van der Waals surface area (Å²) in [7, 11) is 0. The number of benzene rings is 2. The number of hydrogen-bond acceptors (Lipinski definition) is 2. The van der Waals surface area contributed by atoms with Gasteiger partial charge >= 0.3 is 0 Å². The molecule has 3 nitrogen and oxygen atoms in total. The molecule has 0 bridgehead atoms. The van der Waals surface area contributed by atoms with Crippen LogP contribution in [0.15, 0.2) is 53.7 Å². The Morgan fingerprint density at radius 3 is 2.48 bits per heavy atom. The Hall–Kier alpha value is -2.17. The van der Waals surface area contributed by atoms with Gasteiger partial charge in [-0.3, -0.25) is 14.5 Å². The molecule has 1 unspecified atom stereocenters. The first kappa shape index (κ1) is 20.1. The van der Waals surface area contributed by atoms with Gasteiger partial charge in [0.1, 0.15) is 5.82 Å². The van der Waals surface area contributed by atoms with Crippen molar-refractivity contribution < 1.29 is 14.0 Å². The molecule has 29 heavy (non-hydrogen) atoms. The van der Waals surface area contributed by atoms with Crippen molar-refractivity contribution in [3.63, 3.8) is 0 Å². The van der Waals surface area contributed by atoms with Gasteiger partial charge in [-0.2, -0.15) is 0 Å². The minimum absolute atomic E-state index is 0.0150. The van der Waals surface area contributed by atoms with Crippen molar-refractivity contribution >= 4 is 40.6 Å². The fourth-order valence-electron chi connectivity index (χ4n) is 4.34. The van der Waals surface area contributed by atoms with Gasteiger partial charge in [0, 0.05) is 30.0 Å². The quantitative estimate of drug-likeness (QED) is 0.559. The fourth-order valence-corrected chi connectivity index (χ4v) is 4.65. The van der Waals surface area contributed by atoms with Crippen LogP contribution in [0.4, 0.5) is 10.1 Å². The van der Waals surface area contributed by atoms with Crippen LogP contribution in [0.1, 0.15) is 44.6 Å². The lowest BCUT2D eigenvalue weighted by Gasteiger charge is -2.43. The number of rotatable bonds is 2. The van der Waals surface area contributed by atoms with Gasteiger partial charge < -0.3 is 0 Å². The van der Waals surface area contributed by atoms with Crippen molar-refractivity contribution in [3.05, 3.63) is 75.2 Å². The van der Waals surface area contributed by atoms with Gasteiger partial charge in [0.25, 0.3) is 0 Å². The van der Waals surface area contributed by atoms with E-state index in [1.54, 1.807) is 24.3 Å². The maximum atomic E-state index is 13.9. The molecule has 1 heterocycles. The topological polar surface area (TPSA) is 37.4 Å². The van der Waals surface area contributed by atoms with Crippen molar-refractivity contribution in [1.29, 1.82) is 0 Å². The third-order valence-corrected chi connectivity index (χ3v) is 6.29. The van der Waals surface area contributed by atoms with E-state index in [1.807, 2.05) is 19.9 Å². The first-order valence-corrected chi connectivity index (χ1v) is 10.2. The summed E-state index contributed by atoms with van der Waals surface area (Å²) in [6.07, 6.45) is 1.06. The van der Waals surface area contributed by atoms with Gasteiger partial charge in [-0.1, -0.05) is 49.2 Å². The summed E-state index contributed by atoms with van der Waals surface area (Å²) in [5.41, 5.74) is 2.21. The van der Waals surface area contributed by atoms with E-state index >= 15 is 0 Å². The predicted molar refractivity (Wildman–Crippen MR) is 113 cm³/mol. The number of hydrogen-bond donors (Lipinski definition) is 0. The largest absolute Gasteiger partial charge is 0.294 e. The Morgan fingerprint density at radius 2 is 1.79 bits per heavy atom. The van der Waals surface area contributed by atoms with Gasteiger partial charge in [0.05, 0.1) is 15.7 Å². The number of nitrogens with zero attached hydrogens (tertiary/aromatic N) is 1. The van der Waals surface area contributed by atoms with Crippen molar-refractivity contribution in [2.24, 2.45) is 5.41 Å². The molecule has 6 heteroatoms. The van der Waals surface area contributed by atoms with E-state index in [4.69, 9.17) is 23.2 Å². The van der Waals surface area contributed by atoms with Gasteiger partial charge in [-0.15, -0.1) is 0 Å². The van der Waals surface area contributed by atoms with Crippen molar-refractivity contribution in [2.45, 2.75) is 39.0 Å². The number of carbonyl (C=O) groups is 2. The predicted octanol–water partition coefficient (Wildman–Crippen LogP) is 6.30. The average Bonchev–Trinajstić information content (AvgIpc) is 2.62. The number of Topliss-reactive ketones (excluding diaryl/α,β-unsaturated/α-hetero) is 1. The Balaban J connectivity index is 1.91. The van der Waals surface area contributed by atoms with Gasteiger partial charge in [0.15, 0.2) is 5.78 Å². The molecule has 1 atom stereocenters. The molecule has 2 aromatic rings. The highest BCUT2D eigenvalue weighted by Gasteiger charge is 2.44. The molecule has 1 aliphatic carbocycles. The Morgan fingerprint density at radius 1 is 1.03 bits per heavy atom. The van der Waals surface area contributed by atoms with Crippen LogP contribution >= 0.6 is 23.2 Å². The van der Waals surface area contributed by atoms with Crippen LogP contribution in [0.2, 0.25) is 10.0 Å². The Bertz CT molecular complexity index is 1060. The molecule has 0 N–H and O–H groups in total. The molecule has 4 rings (SSSR count). The molecule has 0 spiro atoms. The highest BCUT2D eigenvalue weighted by molar-refractivity contribution is 6.42. The molecule has 150 valence electrons. The second-order valence-corrected chi connectivity index (χ2v) is 9.25. The SMILES string of the molecule is CC1(C)CC(=O)C2=C(C1)N(c1cccc(F)c1)C(=O)CC2c1ccc(Cl)c(Cl)c1. The molecule has 0 saturated carbocycles. The Labute approximate surface area is 179 Å². The molecule has 2 aromatic carbocycles. The smallest absolute Gasteiger partial charge is 0.232 e. The molecular formula is C23H20Cl2FNO2. The number of carbonyl (C=O) groups excluding carboxylic acids is 2. The minimum Gasteiger partial charge on any atom is -0.294 e. The zero-order chi connectivity index (χ0) is 20.9. The summed E-state index contributed by atoms with van der Waals surface area (Å²) < 4.78 is 13.9. The minimum atomic E-state index is -0.426. The standard InChI is InChI=1S/C23H20Cl2FNO2/c1-23(2)11-19-22(20(28)12-23)16(13-6-7-17(24)18(25)8-13)10-21(29)27(19)15-5-3-4-14(26)9-15/h3-9,16H,10-12H2,1-2H3. The lowest BCUT2D eigenvalue weighted by Crippen LogP contribution is -2.43. The van der Waals surface area contributed by atoms with E-state index in [0.717, 1.165) is 5.56 Å². The molecule has 2 aliphatic rings. The van der Waals surface area contributed by atoms with Crippen LogP contribution in [0, 0.1) is 11.2 Å². The highest BCUT2D eigenvalue weighted by atomic mass is 35.5. The summed E-state index contributed by atoms with van der Waals surface area (Å²) in [6, 6.07) is 11.1. The van der Waals surface area contributed by atoms with E-state index in [1.165, 1.54) is 17.0 Å². The molecule has 1 amide bonds. The van der Waals surface area contributed by atoms with Crippen LogP contribution in [0.5, 0.6) is 0 Å². The highest BCUT2D eigenvalue weighted by Crippen LogP contribution is 2.48. The normalized spacial score (nSPS) is 21.4. The monoisotopic (exact) mass is 431 g/mol. The third kappa shape index (κ3) is 3.72. The van der Waals surface area contributed by atoms with Crippen molar-refractivity contribution in [1.82, 2.24) is 0 Å². The summed E-state index contributed by atoms with van der Waals surface area (Å²) in [4.78, 5) is 27.9. The van der Waals surface area contributed by atoms with Crippen LogP contribution in [-0.2, 0) is 9.59 Å². The summed E-state index contributed by atoms with van der Waals surface area (Å²) in [5, 5.41) is 0.805. The van der Waals surface area contributed by atoms with Crippen LogP contribution in [0.25, 0.3) is 0 Å². The van der Waals surface area contributed by atoms with Crippen LogP contribution < -0.4 is 4.90 Å². The lowest BCUT2D eigenvalue weighted by atomic mass is 9.69. The molecular weight excluding hydrogens is 412 g/mol.